The minimum atomic E-state index is -0.512. The quantitative estimate of drug-likeness (QED) is 0.894. The number of hydrogen-bond donors (Lipinski definition) is 1. The standard InChI is InChI=1S/C14H17FN2O3/c1-19-7-11-12(10-2-3-20-13(10)11)17-14(18)8-4-9(15)6-16-5-8/h4-6,10-13H,2-3,7H2,1H3,(H,17,18)/t10-,11+,12+,13-/m0/s1. The van der Waals surface area contributed by atoms with Crippen LogP contribution in [0.2, 0.25) is 0 Å². The number of pyridine rings is 1. The van der Waals surface area contributed by atoms with E-state index in [0.717, 1.165) is 19.2 Å². The number of hydrogen-bond acceptors (Lipinski definition) is 4. The number of ether oxygens (including phenoxy) is 2. The second-order valence-electron chi connectivity index (χ2n) is 5.30. The van der Waals surface area contributed by atoms with Gasteiger partial charge in [0.2, 0.25) is 0 Å². The van der Waals surface area contributed by atoms with Crippen LogP contribution in [0.1, 0.15) is 16.8 Å². The summed E-state index contributed by atoms with van der Waals surface area (Å²) < 4.78 is 23.9. The maximum Gasteiger partial charge on any atom is 0.253 e. The Balaban J connectivity index is 1.68. The molecule has 6 heteroatoms. The highest BCUT2D eigenvalue weighted by atomic mass is 19.1. The first kappa shape index (κ1) is 13.5. The minimum Gasteiger partial charge on any atom is -0.384 e. The van der Waals surface area contributed by atoms with Crippen molar-refractivity contribution in [3.05, 3.63) is 29.8 Å². The van der Waals surface area contributed by atoms with Crippen molar-refractivity contribution in [2.24, 2.45) is 11.8 Å². The molecule has 0 radical (unpaired) electrons. The monoisotopic (exact) mass is 280 g/mol. The van der Waals surface area contributed by atoms with Crippen molar-refractivity contribution >= 4 is 5.91 Å². The number of carbonyl (C=O) groups excluding carboxylic acids is 1. The topological polar surface area (TPSA) is 60.5 Å². The highest BCUT2D eigenvalue weighted by Crippen LogP contribution is 2.43. The molecule has 0 aromatic carbocycles. The third-order valence-electron chi connectivity index (χ3n) is 4.15. The first-order valence-corrected chi connectivity index (χ1v) is 6.72. The summed E-state index contributed by atoms with van der Waals surface area (Å²) in [5, 5.41) is 2.96. The van der Waals surface area contributed by atoms with Gasteiger partial charge < -0.3 is 14.8 Å². The van der Waals surface area contributed by atoms with Gasteiger partial charge in [0.05, 0.1) is 24.5 Å². The molecule has 0 unspecified atom stereocenters. The lowest BCUT2D eigenvalue weighted by atomic mass is 9.67. The summed E-state index contributed by atoms with van der Waals surface area (Å²) in [4.78, 5) is 15.8. The number of fused-ring (bicyclic) bond motifs is 1. The molecule has 1 aliphatic carbocycles. The van der Waals surface area contributed by atoms with E-state index in [-0.39, 0.29) is 29.5 Å². The van der Waals surface area contributed by atoms with Crippen LogP contribution in [0.5, 0.6) is 0 Å². The number of carbonyl (C=O) groups is 1. The molecule has 1 aromatic rings. The maximum atomic E-state index is 13.1. The van der Waals surface area contributed by atoms with Crippen LogP contribution in [0.15, 0.2) is 18.5 Å². The van der Waals surface area contributed by atoms with Crippen LogP contribution in [-0.2, 0) is 9.47 Å². The van der Waals surface area contributed by atoms with Crippen molar-refractivity contribution in [1.29, 1.82) is 0 Å². The number of nitrogens with zero attached hydrogens (tertiary/aromatic N) is 1. The molecule has 0 bridgehead atoms. The molecule has 108 valence electrons. The molecule has 0 spiro atoms. The van der Waals surface area contributed by atoms with Gasteiger partial charge in [-0.2, -0.15) is 0 Å². The van der Waals surface area contributed by atoms with Gasteiger partial charge in [-0.3, -0.25) is 9.78 Å². The van der Waals surface area contributed by atoms with E-state index in [1.165, 1.54) is 12.3 Å². The van der Waals surface area contributed by atoms with Crippen molar-refractivity contribution in [2.75, 3.05) is 20.3 Å². The van der Waals surface area contributed by atoms with Crippen LogP contribution in [0.4, 0.5) is 4.39 Å². The van der Waals surface area contributed by atoms with Crippen LogP contribution < -0.4 is 5.32 Å². The lowest BCUT2D eigenvalue weighted by Gasteiger charge is -2.47. The zero-order valence-corrected chi connectivity index (χ0v) is 11.2. The molecule has 1 amide bonds. The van der Waals surface area contributed by atoms with Gasteiger partial charge in [-0.15, -0.1) is 0 Å². The molecule has 1 saturated carbocycles. The summed E-state index contributed by atoms with van der Waals surface area (Å²) in [6.07, 6.45) is 3.56. The van der Waals surface area contributed by atoms with E-state index in [2.05, 4.69) is 10.3 Å². The molecule has 5 nitrogen and oxygen atoms in total. The predicted octanol–water partition coefficient (Wildman–Crippen LogP) is 1.00. The molecule has 1 aromatic heterocycles. The lowest BCUT2D eigenvalue weighted by Crippen LogP contribution is -2.62. The average Bonchev–Trinajstić information content (AvgIpc) is 2.86. The number of rotatable bonds is 4. The number of aromatic nitrogens is 1. The maximum absolute atomic E-state index is 13.1. The number of methoxy groups -OCH3 is 1. The minimum absolute atomic E-state index is 0.0261. The van der Waals surface area contributed by atoms with Crippen molar-refractivity contribution in [3.63, 3.8) is 0 Å². The van der Waals surface area contributed by atoms with Crippen molar-refractivity contribution in [2.45, 2.75) is 18.6 Å². The third-order valence-corrected chi connectivity index (χ3v) is 4.15. The Morgan fingerprint density at radius 1 is 1.60 bits per heavy atom. The predicted molar refractivity (Wildman–Crippen MR) is 68.7 cm³/mol. The molecule has 20 heavy (non-hydrogen) atoms. The molecule has 4 atom stereocenters. The third kappa shape index (κ3) is 2.29. The Hall–Kier alpha value is -1.53. The van der Waals surface area contributed by atoms with E-state index >= 15 is 0 Å². The molecule has 2 heterocycles. The molecule has 2 fully saturated rings. The molecule has 1 aliphatic heterocycles. The Morgan fingerprint density at radius 3 is 3.20 bits per heavy atom. The van der Waals surface area contributed by atoms with Crippen molar-refractivity contribution < 1.29 is 18.7 Å². The zero-order chi connectivity index (χ0) is 14.1. The van der Waals surface area contributed by atoms with E-state index in [1.54, 1.807) is 7.11 Å². The van der Waals surface area contributed by atoms with Crippen LogP contribution in [0, 0.1) is 17.7 Å². The van der Waals surface area contributed by atoms with Crippen LogP contribution in [-0.4, -0.2) is 43.4 Å². The van der Waals surface area contributed by atoms with E-state index in [1.807, 2.05) is 0 Å². The van der Waals surface area contributed by atoms with Crippen molar-refractivity contribution in [3.8, 4) is 0 Å². The molecule has 1 saturated heterocycles. The summed E-state index contributed by atoms with van der Waals surface area (Å²) >= 11 is 0. The normalized spacial score (nSPS) is 31.5. The smallest absolute Gasteiger partial charge is 0.253 e. The second kappa shape index (κ2) is 5.46. The fraction of sp³-hybridized carbons (Fsp3) is 0.571. The van der Waals surface area contributed by atoms with Crippen LogP contribution in [0.25, 0.3) is 0 Å². The summed E-state index contributed by atoms with van der Waals surface area (Å²) in [5.41, 5.74) is 0.239. The summed E-state index contributed by atoms with van der Waals surface area (Å²) in [5.74, 6) is -0.311. The van der Waals surface area contributed by atoms with Gasteiger partial charge in [-0.25, -0.2) is 4.39 Å². The van der Waals surface area contributed by atoms with Gasteiger partial charge in [-0.05, 0) is 12.5 Å². The highest BCUT2D eigenvalue weighted by Gasteiger charge is 2.54. The first-order chi connectivity index (χ1) is 9.70. The van der Waals surface area contributed by atoms with Gasteiger partial charge in [0.1, 0.15) is 5.82 Å². The summed E-state index contributed by atoms with van der Waals surface area (Å²) in [7, 11) is 1.64. The SMILES string of the molecule is COC[C@@H]1[C@H](NC(=O)c2cncc(F)c2)[C@@H]2CCO[C@H]12. The Bertz CT molecular complexity index is 511. The van der Waals surface area contributed by atoms with Crippen LogP contribution >= 0.6 is 0 Å². The van der Waals surface area contributed by atoms with E-state index in [4.69, 9.17) is 9.47 Å². The zero-order valence-electron chi connectivity index (χ0n) is 11.2. The van der Waals surface area contributed by atoms with Gasteiger partial charge in [0, 0.05) is 37.8 Å². The summed E-state index contributed by atoms with van der Waals surface area (Å²) in [6.45, 7) is 1.27. The molecule has 2 aliphatic rings. The Labute approximate surface area is 116 Å². The first-order valence-electron chi connectivity index (χ1n) is 6.72. The van der Waals surface area contributed by atoms with Gasteiger partial charge in [0.25, 0.3) is 5.91 Å². The largest absolute Gasteiger partial charge is 0.384 e. The second-order valence-corrected chi connectivity index (χ2v) is 5.30. The fourth-order valence-corrected chi connectivity index (χ4v) is 3.21. The number of amides is 1. The van der Waals surface area contributed by atoms with E-state index in [9.17, 15) is 9.18 Å². The van der Waals surface area contributed by atoms with E-state index < -0.39 is 5.82 Å². The number of halogens is 1. The fourth-order valence-electron chi connectivity index (χ4n) is 3.21. The van der Waals surface area contributed by atoms with Gasteiger partial charge in [-0.1, -0.05) is 0 Å². The van der Waals surface area contributed by atoms with E-state index in [0.29, 0.717) is 12.5 Å². The van der Waals surface area contributed by atoms with Crippen molar-refractivity contribution in [1.82, 2.24) is 10.3 Å². The van der Waals surface area contributed by atoms with Gasteiger partial charge >= 0.3 is 0 Å². The van der Waals surface area contributed by atoms with Crippen LogP contribution in [0.3, 0.4) is 0 Å². The molecular weight excluding hydrogens is 263 g/mol. The molecule has 3 rings (SSSR count). The highest BCUT2D eigenvalue weighted by molar-refractivity contribution is 5.94. The van der Waals surface area contributed by atoms with Gasteiger partial charge in [0.15, 0.2) is 0 Å². The lowest BCUT2D eigenvalue weighted by molar-refractivity contribution is -0.0809. The Morgan fingerprint density at radius 2 is 2.45 bits per heavy atom. The average molecular weight is 280 g/mol. The Kier molecular flexibility index (Phi) is 3.67. The molecular formula is C14H17FN2O3. The summed E-state index contributed by atoms with van der Waals surface area (Å²) in [6, 6.07) is 1.22. The molecule has 1 N–H and O–H groups in total. The number of nitrogens with one attached hydrogen (secondary N) is 1.